The molecule has 1 aromatic heterocycles. The van der Waals surface area contributed by atoms with Crippen LogP contribution in [-0.2, 0) is 10.0 Å². The third-order valence-corrected chi connectivity index (χ3v) is 5.87. The lowest BCUT2D eigenvalue weighted by atomic mass is 9.98. The van der Waals surface area contributed by atoms with Crippen molar-refractivity contribution in [2.75, 3.05) is 32.8 Å². The summed E-state index contributed by atoms with van der Waals surface area (Å²) in [4.78, 5) is 3.62. The second-order valence-electron chi connectivity index (χ2n) is 5.89. The van der Waals surface area contributed by atoms with E-state index < -0.39 is 22.8 Å². The predicted octanol–water partition coefficient (Wildman–Crippen LogP) is 2.03. The average molecular weight is 381 g/mol. The Morgan fingerprint density at radius 1 is 1.32 bits per heavy atom. The predicted molar refractivity (Wildman–Crippen MR) is 85.8 cm³/mol. The monoisotopic (exact) mass is 381 g/mol. The molecule has 2 rings (SSSR count). The molecule has 1 aromatic rings. The van der Waals surface area contributed by atoms with Gasteiger partial charge in [-0.15, -0.1) is 0 Å². The van der Waals surface area contributed by atoms with Gasteiger partial charge in [0.05, 0.1) is 6.20 Å². The molecule has 2 heterocycles. The Kier molecular flexibility index (Phi) is 6.64. The molecule has 0 radical (unpaired) electrons. The Hall–Kier alpha value is -1.39. The van der Waals surface area contributed by atoms with Crippen LogP contribution in [0.4, 0.5) is 13.2 Å². The van der Waals surface area contributed by atoms with Gasteiger partial charge < -0.3 is 10.1 Å². The van der Waals surface area contributed by atoms with Gasteiger partial charge in [0, 0.05) is 19.2 Å². The van der Waals surface area contributed by atoms with Gasteiger partial charge in [-0.2, -0.15) is 17.5 Å². The first kappa shape index (κ1) is 19.9. The van der Waals surface area contributed by atoms with Crippen molar-refractivity contribution in [1.29, 1.82) is 0 Å². The molecule has 1 N–H and O–H groups in total. The maximum atomic E-state index is 12.6. The topological polar surface area (TPSA) is 71.5 Å². The van der Waals surface area contributed by atoms with Crippen molar-refractivity contribution in [1.82, 2.24) is 14.6 Å². The fourth-order valence-electron chi connectivity index (χ4n) is 2.61. The Balaban J connectivity index is 1.96. The molecule has 1 aliphatic heterocycles. The van der Waals surface area contributed by atoms with Crippen LogP contribution in [0.3, 0.4) is 0 Å². The normalized spacial score (nSPS) is 17.6. The summed E-state index contributed by atoms with van der Waals surface area (Å²) in [6.45, 7) is 3.15. The number of rotatable bonds is 7. The first-order chi connectivity index (χ1) is 11.7. The molecular formula is C15H22F3N3O3S. The number of pyridine rings is 1. The van der Waals surface area contributed by atoms with Crippen molar-refractivity contribution < 1.29 is 26.3 Å². The molecule has 0 aliphatic carbocycles. The van der Waals surface area contributed by atoms with Crippen LogP contribution in [0, 0.1) is 5.92 Å². The van der Waals surface area contributed by atoms with E-state index in [0.717, 1.165) is 38.2 Å². The zero-order valence-corrected chi connectivity index (χ0v) is 14.7. The molecule has 0 unspecified atom stereocenters. The van der Waals surface area contributed by atoms with Crippen molar-refractivity contribution in [3.05, 3.63) is 18.3 Å². The Morgan fingerprint density at radius 3 is 2.52 bits per heavy atom. The SMILES string of the molecule is CCNCC1CCN(S(=O)(=O)c2ccc(OCC(F)(F)F)nc2)CC1. The highest BCUT2D eigenvalue weighted by Crippen LogP contribution is 2.24. The zero-order chi connectivity index (χ0) is 18.5. The van der Waals surface area contributed by atoms with Crippen LogP contribution in [0.25, 0.3) is 0 Å². The lowest BCUT2D eigenvalue weighted by molar-refractivity contribution is -0.154. The molecule has 25 heavy (non-hydrogen) atoms. The van der Waals surface area contributed by atoms with E-state index in [1.54, 1.807) is 0 Å². The number of nitrogens with one attached hydrogen (secondary N) is 1. The van der Waals surface area contributed by atoms with E-state index in [1.165, 1.54) is 10.4 Å². The number of ether oxygens (including phenoxy) is 1. The minimum atomic E-state index is -4.47. The van der Waals surface area contributed by atoms with Crippen LogP contribution >= 0.6 is 0 Å². The fourth-order valence-corrected chi connectivity index (χ4v) is 4.03. The van der Waals surface area contributed by atoms with E-state index in [1.807, 2.05) is 6.92 Å². The van der Waals surface area contributed by atoms with Gasteiger partial charge in [0.1, 0.15) is 4.90 Å². The summed E-state index contributed by atoms with van der Waals surface area (Å²) in [5.74, 6) is 0.184. The summed E-state index contributed by atoms with van der Waals surface area (Å²) in [7, 11) is -3.69. The van der Waals surface area contributed by atoms with Crippen molar-refractivity contribution >= 4 is 10.0 Å². The largest absolute Gasteiger partial charge is 0.468 e. The number of alkyl halides is 3. The van der Waals surface area contributed by atoms with Crippen LogP contribution in [0.15, 0.2) is 23.2 Å². The quantitative estimate of drug-likeness (QED) is 0.783. The maximum absolute atomic E-state index is 12.6. The summed E-state index contributed by atoms with van der Waals surface area (Å²) >= 11 is 0. The first-order valence-corrected chi connectivity index (χ1v) is 9.53. The third-order valence-electron chi connectivity index (χ3n) is 3.99. The number of aromatic nitrogens is 1. The molecule has 0 spiro atoms. The number of nitrogens with zero attached hydrogens (tertiary/aromatic N) is 2. The lowest BCUT2D eigenvalue weighted by Crippen LogP contribution is -2.40. The molecule has 1 fully saturated rings. The molecule has 1 saturated heterocycles. The lowest BCUT2D eigenvalue weighted by Gasteiger charge is -2.31. The molecule has 0 bridgehead atoms. The van der Waals surface area contributed by atoms with E-state index in [-0.39, 0.29) is 10.8 Å². The first-order valence-electron chi connectivity index (χ1n) is 8.09. The molecule has 0 atom stereocenters. The molecule has 10 heteroatoms. The second kappa shape index (κ2) is 8.33. The van der Waals surface area contributed by atoms with Gasteiger partial charge in [0.15, 0.2) is 6.61 Å². The van der Waals surface area contributed by atoms with Gasteiger partial charge >= 0.3 is 6.18 Å². The van der Waals surface area contributed by atoms with E-state index in [0.29, 0.717) is 19.0 Å². The molecular weight excluding hydrogens is 359 g/mol. The minimum Gasteiger partial charge on any atom is -0.468 e. The molecule has 0 amide bonds. The van der Waals surface area contributed by atoms with Gasteiger partial charge in [0.2, 0.25) is 15.9 Å². The Morgan fingerprint density at radius 2 is 2.00 bits per heavy atom. The summed E-state index contributed by atoms with van der Waals surface area (Å²) < 4.78 is 67.4. The van der Waals surface area contributed by atoms with Crippen LogP contribution in [0.1, 0.15) is 19.8 Å². The summed E-state index contributed by atoms with van der Waals surface area (Å²) in [5, 5.41) is 3.26. The number of hydrogen-bond acceptors (Lipinski definition) is 5. The maximum Gasteiger partial charge on any atom is 0.422 e. The van der Waals surface area contributed by atoms with Gasteiger partial charge in [-0.1, -0.05) is 6.92 Å². The highest BCUT2D eigenvalue weighted by atomic mass is 32.2. The number of piperidine rings is 1. The molecule has 142 valence electrons. The summed E-state index contributed by atoms with van der Waals surface area (Å²) in [5.41, 5.74) is 0. The smallest absolute Gasteiger partial charge is 0.422 e. The molecule has 1 aliphatic rings. The van der Waals surface area contributed by atoms with Gasteiger partial charge in [-0.25, -0.2) is 13.4 Å². The van der Waals surface area contributed by atoms with Crippen molar-refractivity contribution in [2.24, 2.45) is 5.92 Å². The minimum absolute atomic E-state index is 0.0445. The molecule has 0 aromatic carbocycles. The third kappa shape index (κ3) is 5.82. The standard InChI is InChI=1S/C15H22F3N3O3S/c1-2-19-9-12-5-7-21(8-6-12)25(22,23)13-3-4-14(20-10-13)24-11-15(16,17)18/h3-4,10,12,19H,2,5-9,11H2,1H3. The number of halogens is 3. The zero-order valence-electron chi connectivity index (χ0n) is 13.9. The summed E-state index contributed by atoms with van der Waals surface area (Å²) in [6.07, 6.45) is -1.89. The highest BCUT2D eigenvalue weighted by molar-refractivity contribution is 7.89. The van der Waals surface area contributed by atoms with Crippen LogP contribution in [-0.4, -0.2) is 56.7 Å². The van der Waals surface area contributed by atoms with Crippen LogP contribution < -0.4 is 10.1 Å². The number of sulfonamides is 1. The van der Waals surface area contributed by atoms with Crippen LogP contribution in [0.5, 0.6) is 5.88 Å². The Bertz CT molecular complexity index is 642. The average Bonchev–Trinajstić information content (AvgIpc) is 2.58. The molecule has 0 saturated carbocycles. The highest BCUT2D eigenvalue weighted by Gasteiger charge is 2.30. The second-order valence-corrected chi connectivity index (χ2v) is 7.83. The Labute approximate surface area is 145 Å². The van der Waals surface area contributed by atoms with E-state index in [4.69, 9.17) is 0 Å². The van der Waals surface area contributed by atoms with Gasteiger partial charge in [-0.3, -0.25) is 0 Å². The van der Waals surface area contributed by atoms with Gasteiger partial charge in [-0.05, 0) is 37.9 Å². The van der Waals surface area contributed by atoms with E-state index in [9.17, 15) is 21.6 Å². The summed E-state index contributed by atoms with van der Waals surface area (Å²) in [6, 6.07) is 2.36. The van der Waals surface area contributed by atoms with Crippen molar-refractivity contribution in [2.45, 2.75) is 30.8 Å². The van der Waals surface area contributed by atoms with Gasteiger partial charge in [0.25, 0.3) is 0 Å². The van der Waals surface area contributed by atoms with Crippen molar-refractivity contribution in [3.63, 3.8) is 0 Å². The molecule has 6 nitrogen and oxygen atoms in total. The van der Waals surface area contributed by atoms with E-state index in [2.05, 4.69) is 15.0 Å². The van der Waals surface area contributed by atoms with Crippen molar-refractivity contribution in [3.8, 4) is 5.88 Å². The number of hydrogen-bond donors (Lipinski definition) is 1. The van der Waals surface area contributed by atoms with E-state index >= 15 is 0 Å². The fraction of sp³-hybridized carbons (Fsp3) is 0.667. The van der Waals surface area contributed by atoms with Crippen LogP contribution in [0.2, 0.25) is 0 Å².